The minimum absolute atomic E-state index is 0. The van der Waals surface area contributed by atoms with Crippen LogP contribution >= 0.6 is 0 Å². The molecule has 0 radical (unpaired) electrons. The molecular weight excluding hydrogens is 760 g/mol. The first-order valence-corrected chi connectivity index (χ1v) is 15.9. The van der Waals surface area contributed by atoms with E-state index in [4.69, 9.17) is 20.2 Å². The normalized spacial score (nSPS) is 15.0. The summed E-state index contributed by atoms with van der Waals surface area (Å²) in [6, 6.07) is 33.8. The Kier molecular flexibility index (Phi) is 8.04. The molecule has 1 aliphatic rings. The van der Waals surface area contributed by atoms with Gasteiger partial charge in [0.25, 0.3) is 0 Å². The summed E-state index contributed by atoms with van der Waals surface area (Å²) in [4.78, 5) is 10.8. The Morgan fingerprint density at radius 3 is 1.28 bits per heavy atom. The molecule has 0 saturated heterocycles. The van der Waals surface area contributed by atoms with E-state index in [-0.39, 0.29) is 37.3 Å². The first-order valence-electron chi connectivity index (χ1n) is 15.9. The van der Waals surface area contributed by atoms with Crippen LogP contribution in [0.25, 0.3) is 11.6 Å². The molecule has 6 nitrogen and oxygen atoms in total. The van der Waals surface area contributed by atoms with E-state index in [0.717, 1.165) is 33.9 Å². The van der Waals surface area contributed by atoms with Gasteiger partial charge in [-0.1, -0.05) is 141 Å². The van der Waals surface area contributed by atoms with Crippen LogP contribution in [0.15, 0.2) is 97.1 Å². The molecule has 1 aliphatic carbocycles. The zero-order valence-electron chi connectivity index (χ0n) is 28.2. The molecular formula is C40H40N6Pt. The van der Waals surface area contributed by atoms with E-state index in [1.54, 1.807) is 9.36 Å². The van der Waals surface area contributed by atoms with Crippen molar-refractivity contribution in [3.8, 4) is 11.6 Å². The Morgan fingerprint density at radius 2 is 0.915 bits per heavy atom. The van der Waals surface area contributed by atoms with Crippen LogP contribution in [0.4, 0.5) is 0 Å². The SMILES string of the molecule is CC(C)(C)c1c[c-]n(-c2cccc(C3(c4cccc(-n5[c-]cc(C(C)(C)C)n5)n4)c4ccccc4C(C)(C)c4ccccc43)n2)n1.[Pt+2]. The summed E-state index contributed by atoms with van der Waals surface area (Å²) in [6.45, 7) is 17.6. The molecule has 6 aromatic rings. The zero-order chi connectivity index (χ0) is 32.5. The van der Waals surface area contributed by atoms with Gasteiger partial charge < -0.3 is 9.36 Å². The second kappa shape index (κ2) is 11.5. The molecule has 240 valence electrons. The Morgan fingerprint density at radius 1 is 0.532 bits per heavy atom. The van der Waals surface area contributed by atoms with Crippen molar-refractivity contribution in [2.75, 3.05) is 0 Å². The van der Waals surface area contributed by atoms with Gasteiger partial charge in [0.05, 0.1) is 11.6 Å². The maximum Gasteiger partial charge on any atom is 2.00 e. The number of aromatic nitrogens is 6. The third kappa shape index (κ3) is 5.31. The molecule has 0 bridgehead atoms. The van der Waals surface area contributed by atoms with Crippen LogP contribution in [0.3, 0.4) is 0 Å². The van der Waals surface area contributed by atoms with Gasteiger partial charge in [-0.05, 0) is 56.6 Å². The number of fused-ring (bicyclic) bond motifs is 2. The van der Waals surface area contributed by atoms with E-state index in [1.807, 2.05) is 24.3 Å². The fourth-order valence-electron chi connectivity index (χ4n) is 6.73. The zero-order valence-corrected chi connectivity index (χ0v) is 30.5. The third-order valence-electron chi connectivity index (χ3n) is 9.28. The Balaban J connectivity index is 0.00000386. The second-order valence-electron chi connectivity index (χ2n) is 14.9. The molecule has 0 amide bonds. The van der Waals surface area contributed by atoms with Crippen LogP contribution in [0, 0.1) is 12.4 Å². The van der Waals surface area contributed by atoms with Gasteiger partial charge in [-0.2, -0.15) is 0 Å². The predicted octanol–water partition coefficient (Wildman–Crippen LogP) is 8.06. The maximum atomic E-state index is 5.39. The average molecular weight is 800 g/mol. The van der Waals surface area contributed by atoms with Crippen LogP contribution in [0.2, 0.25) is 0 Å². The van der Waals surface area contributed by atoms with E-state index in [2.05, 4.69) is 141 Å². The van der Waals surface area contributed by atoms with Crippen molar-refractivity contribution in [3.63, 3.8) is 0 Å². The van der Waals surface area contributed by atoms with Crippen LogP contribution < -0.4 is 0 Å². The summed E-state index contributed by atoms with van der Waals surface area (Å²) >= 11 is 0. The van der Waals surface area contributed by atoms with Gasteiger partial charge in [-0.25, -0.2) is 0 Å². The van der Waals surface area contributed by atoms with Crippen molar-refractivity contribution < 1.29 is 21.1 Å². The van der Waals surface area contributed by atoms with Crippen LogP contribution in [-0.2, 0) is 42.7 Å². The molecule has 47 heavy (non-hydrogen) atoms. The minimum Gasteiger partial charge on any atom is -0.343 e. The number of pyridine rings is 2. The van der Waals surface area contributed by atoms with E-state index >= 15 is 0 Å². The maximum absolute atomic E-state index is 5.39. The first kappa shape index (κ1) is 32.8. The average Bonchev–Trinajstić information content (AvgIpc) is 3.74. The number of hydrogen-bond donors (Lipinski definition) is 0. The smallest absolute Gasteiger partial charge is 0.343 e. The molecule has 0 atom stereocenters. The van der Waals surface area contributed by atoms with Gasteiger partial charge >= 0.3 is 21.1 Å². The Labute approximate surface area is 292 Å². The molecule has 0 aliphatic heterocycles. The number of hydrogen-bond acceptors (Lipinski definition) is 4. The number of rotatable bonds is 4. The van der Waals surface area contributed by atoms with Crippen LogP contribution in [-0.4, -0.2) is 29.5 Å². The van der Waals surface area contributed by atoms with E-state index in [0.29, 0.717) is 11.6 Å². The molecule has 4 heterocycles. The molecule has 0 saturated carbocycles. The monoisotopic (exact) mass is 799 g/mol. The molecule has 7 rings (SSSR count). The van der Waals surface area contributed by atoms with E-state index < -0.39 is 5.41 Å². The van der Waals surface area contributed by atoms with Gasteiger partial charge in [-0.3, -0.25) is 20.2 Å². The van der Waals surface area contributed by atoms with E-state index in [1.165, 1.54) is 11.1 Å². The van der Waals surface area contributed by atoms with Crippen LogP contribution in [0.5, 0.6) is 0 Å². The second-order valence-corrected chi connectivity index (χ2v) is 14.9. The van der Waals surface area contributed by atoms with Gasteiger partial charge in [0.15, 0.2) is 0 Å². The van der Waals surface area contributed by atoms with Crippen molar-refractivity contribution in [2.45, 2.75) is 77.0 Å². The number of benzene rings is 2. The standard InChI is InChI=1S/C40H40N6.Pt/c1-37(2,3)31-23-25-45(43-31)35-21-13-19-33(41-35)40(34-20-14-22-36(42-34)46-26-24-32(44-46)38(4,5)6)29-17-11-9-15-27(29)39(7,8)28-16-10-12-18-30(28)40;/h9-24H,1-8H3;/q-2;+2. The largest absolute Gasteiger partial charge is 2.00 e. The molecule has 4 aromatic heterocycles. The fourth-order valence-corrected chi connectivity index (χ4v) is 6.73. The van der Waals surface area contributed by atoms with E-state index in [9.17, 15) is 0 Å². The van der Waals surface area contributed by atoms with Crippen molar-refractivity contribution in [1.82, 2.24) is 29.5 Å². The first-order chi connectivity index (χ1) is 21.8. The number of nitrogens with zero attached hydrogens (tertiary/aromatic N) is 6. The van der Waals surface area contributed by atoms with Gasteiger partial charge in [0.2, 0.25) is 0 Å². The molecule has 2 aromatic carbocycles. The van der Waals surface area contributed by atoms with Crippen molar-refractivity contribution in [1.29, 1.82) is 0 Å². The molecule has 0 fully saturated rings. The Bertz CT molecular complexity index is 1920. The van der Waals surface area contributed by atoms with Crippen molar-refractivity contribution >= 4 is 0 Å². The quantitative estimate of drug-likeness (QED) is 0.170. The summed E-state index contributed by atoms with van der Waals surface area (Å²) in [5.74, 6) is 1.41. The van der Waals surface area contributed by atoms with Crippen LogP contribution in [0.1, 0.15) is 100 Å². The van der Waals surface area contributed by atoms with Crippen molar-refractivity contribution in [3.05, 3.63) is 154 Å². The van der Waals surface area contributed by atoms with Gasteiger partial charge in [-0.15, -0.1) is 12.1 Å². The molecule has 0 N–H and O–H groups in total. The summed E-state index contributed by atoms with van der Waals surface area (Å²) in [7, 11) is 0. The molecule has 0 spiro atoms. The van der Waals surface area contributed by atoms with Gasteiger partial charge in [0, 0.05) is 16.8 Å². The van der Waals surface area contributed by atoms with Crippen molar-refractivity contribution in [2.24, 2.45) is 0 Å². The Hall–Kier alpha value is -4.15. The topological polar surface area (TPSA) is 61.4 Å². The van der Waals surface area contributed by atoms with Gasteiger partial charge in [0.1, 0.15) is 5.41 Å². The molecule has 0 unspecified atom stereocenters. The minimum atomic E-state index is -0.825. The predicted molar refractivity (Wildman–Crippen MR) is 182 cm³/mol. The third-order valence-corrected chi connectivity index (χ3v) is 9.28. The summed E-state index contributed by atoms with van der Waals surface area (Å²) in [5, 5.41) is 9.78. The summed E-state index contributed by atoms with van der Waals surface area (Å²) in [5.41, 5.74) is 7.20. The summed E-state index contributed by atoms with van der Waals surface area (Å²) in [6.07, 6.45) is 6.64. The summed E-state index contributed by atoms with van der Waals surface area (Å²) < 4.78 is 3.53. The fraction of sp³-hybridized carbons (Fsp3) is 0.300. The molecule has 7 heteroatoms.